The Morgan fingerprint density at radius 3 is 2.36 bits per heavy atom. The smallest absolute Gasteiger partial charge is 0.307 e. The highest BCUT2D eigenvalue weighted by molar-refractivity contribution is 9.10. The van der Waals surface area contributed by atoms with Crippen LogP contribution in [0.3, 0.4) is 0 Å². The Bertz CT molecular complexity index is 393. The number of benzene rings is 1. The first-order chi connectivity index (χ1) is 6.43. The Balaban J connectivity index is 3.25. The van der Waals surface area contributed by atoms with E-state index in [9.17, 15) is 18.0 Å². The zero-order chi connectivity index (χ0) is 10.9. The average Bonchev–Trinajstić information content (AvgIpc) is 2.10. The van der Waals surface area contributed by atoms with E-state index in [0.717, 1.165) is 6.07 Å². The number of rotatable bonds is 2. The van der Waals surface area contributed by atoms with Crippen LogP contribution >= 0.6 is 15.9 Å². The van der Waals surface area contributed by atoms with E-state index in [-0.39, 0.29) is 4.47 Å². The molecule has 0 radical (unpaired) electrons. The van der Waals surface area contributed by atoms with Crippen LogP contribution in [0.25, 0.3) is 0 Å². The van der Waals surface area contributed by atoms with Gasteiger partial charge in [-0.2, -0.15) is 0 Å². The highest BCUT2D eigenvalue weighted by Crippen LogP contribution is 2.24. The van der Waals surface area contributed by atoms with E-state index in [1.807, 2.05) is 0 Å². The van der Waals surface area contributed by atoms with Gasteiger partial charge in [0.15, 0.2) is 17.5 Å². The fourth-order valence-electron chi connectivity index (χ4n) is 0.913. The fraction of sp³-hybridized carbons (Fsp3) is 0.125. The van der Waals surface area contributed by atoms with Crippen LogP contribution in [0, 0.1) is 17.5 Å². The second kappa shape index (κ2) is 4.00. The summed E-state index contributed by atoms with van der Waals surface area (Å²) < 4.78 is 38.0. The summed E-state index contributed by atoms with van der Waals surface area (Å²) in [5, 5.41) is 8.34. The highest BCUT2D eigenvalue weighted by Gasteiger charge is 2.18. The van der Waals surface area contributed by atoms with Crippen molar-refractivity contribution < 1.29 is 23.1 Å². The molecule has 0 heterocycles. The monoisotopic (exact) mass is 268 g/mol. The molecule has 0 atom stereocenters. The molecule has 2 nitrogen and oxygen atoms in total. The zero-order valence-electron chi connectivity index (χ0n) is 6.65. The molecule has 1 rings (SSSR count). The number of carboxylic acid groups (broad SMARTS) is 1. The van der Waals surface area contributed by atoms with Gasteiger partial charge in [0.2, 0.25) is 0 Å². The van der Waals surface area contributed by atoms with Crippen molar-refractivity contribution >= 4 is 21.9 Å². The summed E-state index contributed by atoms with van der Waals surface area (Å²) in [5.74, 6) is -5.82. The first-order valence-electron chi connectivity index (χ1n) is 3.47. The summed E-state index contributed by atoms with van der Waals surface area (Å²) in [7, 11) is 0. The molecule has 0 aromatic heterocycles. The number of carbonyl (C=O) groups is 1. The van der Waals surface area contributed by atoms with Gasteiger partial charge in [0.25, 0.3) is 0 Å². The van der Waals surface area contributed by atoms with Gasteiger partial charge < -0.3 is 5.11 Å². The van der Waals surface area contributed by atoms with Crippen molar-refractivity contribution in [1.82, 2.24) is 0 Å². The molecule has 0 saturated heterocycles. The summed E-state index contributed by atoms with van der Waals surface area (Å²) in [5.41, 5.74) is -0.400. The molecule has 0 saturated carbocycles. The van der Waals surface area contributed by atoms with Crippen molar-refractivity contribution in [2.45, 2.75) is 6.42 Å². The minimum atomic E-state index is -1.67. The van der Waals surface area contributed by atoms with E-state index < -0.39 is 35.4 Å². The number of aliphatic carboxylic acids is 1. The molecule has 0 aliphatic carbocycles. The van der Waals surface area contributed by atoms with E-state index in [1.54, 1.807) is 0 Å². The zero-order valence-corrected chi connectivity index (χ0v) is 8.24. The van der Waals surface area contributed by atoms with Crippen LogP contribution in [0.15, 0.2) is 10.5 Å². The maximum Gasteiger partial charge on any atom is 0.307 e. The van der Waals surface area contributed by atoms with Crippen LogP contribution in [0.5, 0.6) is 0 Å². The molecular weight excluding hydrogens is 265 g/mol. The van der Waals surface area contributed by atoms with Crippen LogP contribution < -0.4 is 0 Å². The molecular formula is C8H4BrF3O2. The molecule has 0 amide bonds. The third-order valence-electron chi connectivity index (χ3n) is 1.52. The van der Waals surface area contributed by atoms with E-state index in [2.05, 4.69) is 15.9 Å². The largest absolute Gasteiger partial charge is 0.481 e. The lowest BCUT2D eigenvalue weighted by molar-refractivity contribution is -0.136. The van der Waals surface area contributed by atoms with Crippen LogP contribution in [-0.2, 0) is 11.2 Å². The van der Waals surface area contributed by atoms with Crippen LogP contribution in [0.1, 0.15) is 5.56 Å². The van der Waals surface area contributed by atoms with Gasteiger partial charge >= 0.3 is 5.97 Å². The molecule has 0 aliphatic heterocycles. The van der Waals surface area contributed by atoms with E-state index in [1.165, 1.54) is 0 Å². The number of hydrogen-bond donors (Lipinski definition) is 1. The van der Waals surface area contributed by atoms with Crippen molar-refractivity contribution in [2.24, 2.45) is 0 Å². The highest BCUT2D eigenvalue weighted by atomic mass is 79.9. The molecule has 0 bridgehead atoms. The van der Waals surface area contributed by atoms with Crippen molar-refractivity contribution in [3.63, 3.8) is 0 Å². The minimum absolute atomic E-state index is 0.298. The first-order valence-corrected chi connectivity index (χ1v) is 4.26. The summed E-state index contributed by atoms with van der Waals surface area (Å²) in [4.78, 5) is 10.2. The summed E-state index contributed by atoms with van der Waals surface area (Å²) in [6.07, 6.45) is -0.693. The molecule has 76 valence electrons. The first kappa shape index (κ1) is 11.0. The van der Waals surface area contributed by atoms with Crippen molar-refractivity contribution in [3.8, 4) is 0 Å². The fourth-order valence-corrected chi connectivity index (χ4v) is 1.36. The molecule has 1 aromatic rings. The Kier molecular flexibility index (Phi) is 3.15. The van der Waals surface area contributed by atoms with Crippen LogP contribution in [-0.4, -0.2) is 11.1 Å². The number of halogens is 4. The van der Waals surface area contributed by atoms with Crippen LogP contribution in [0.2, 0.25) is 0 Å². The molecule has 0 fully saturated rings. The third kappa shape index (κ3) is 2.06. The van der Waals surface area contributed by atoms with Crippen molar-refractivity contribution in [3.05, 3.63) is 33.6 Å². The lowest BCUT2D eigenvalue weighted by atomic mass is 10.1. The Morgan fingerprint density at radius 1 is 1.29 bits per heavy atom. The molecule has 6 heteroatoms. The van der Waals surface area contributed by atoms with Crippen molar-refractivity contribution in [1.29, 1.82) is 0 Å². The predicted octanol–water partition coefficient (Wildman–Crippen LogP) is 2.49. The average molecular weight is 269 g/mol. The van der Waals surface area contributed by atoms with E-state index in [0.29, 0.717) is 0 Å². The third-order valence-corrected chi connectivity index (χ3v) is 2.10. The topological polar surface area (TPSA) is 37.3 Å². The standard InChI is InChI=1S/C8H4BrF3O2/c9-4-1-3(2-5(13)14)6(10)8(12)7(4)11/h1H,2H2,(H,13,14). The normalized spacial score (nSPS) is 10.3. The number of hydrogen-bond acceptors (Lipinski definition) is 1. The maximum absolute atomic E-state index is 12.9. The van der Waals surface area contributed by atoms with Gasteiger partial charge in [0.1, 0.15) is 0 Å². The van der Waals surface area contributed by atoms with E-state index in [4.69, 9.17) is 5.11 Å². The quantitative estimate of drug-likeness (QED) is 0.661. The van der Waals surface area contributed by atoms with Gasteiger partial charge in [-0.3, -0.25) is 4.79 Å². The van der Waals surface area contributed by atoms with Gasteiger partial charge in [-0.25, -0.2) is 13.2 Å². The maximum atomic E-state index is 12.9. The Labute approximate surface area is 85.5 Å². The predicted molar refractivity (Wildman–Crippen MR) is 45.4 cm³/mol. The van der Waals surface area contributed by atoms with Gasteiger partial charge in [0.05, 0.1) is 10.9 Å². The number of carboxylic acids is 1. The second-order valence-corrected chi connectivity index (χ2v) is 3.38. The summed E-state index contributed by atoms with van der Waals surface area (Å²) in [6, 6.07) is 0.905. The van der Waals surface area contributed by atoms with Gasteiger partial charge in [-0.05, 0) is 22.0 Å². The molecule has 0 unspecified atom stereocenters. The van der Waals surface area contributed by atoms with Crippen LogP contribution in [0.4, 0.5) is 13.2 Å². The van der Waals surface area contributed by atoms with Gasteiger partial charge in [0, 0.05) is 5.56 Å². The SMILES string of the molecule is O=C(O)Cc1cc(Br)c(F)c(F)c1F. The minimum Gasteiger partial charge on any atom is -0.481 e. The van der Waals surface area contributed by atoms with Crippen molar-refractivity contribution in [2.75, 3.05) is 0 Å². The second-order valence-electron chi connectivity index (χ2n) is 2.53. The summed E-state index contributed by atoms with van der Waals surface area (Å²) in [6.45, 7) is 0. The van der Waals surface area contributed by atoms with E-state index >= 15 is 0 Å². The lowest BCUT2D eigenvalue weighted by Crippen LogP contribution is -2.05. The molecule has 0 aliphatic rings. The Morgan fingerprint density at radius 2 is 1.86 bits per heavy atom. The summed E-state index contributed by atoms with van der Waals surface area (Å²) >= 11 is 2.65. The molecule has 1 aromatic carbocycles. The van der Waals surface area contributed by atoms with Gasteiger partial charge in [-0.1, -0.05) is 0 Å². The lowest BCUT2D eigenvalue weighted by Gasteiger charge is -2.03. The molecule has 14 heavy (non-hydrogen) atoms. The molecule has 1 N–H and O–H groups in total. The molecule has 0 spiro atoms. The Hall–Kier alpha value is -1.04. The van der Waals surface area contributed by atoms with Gasteiger partial charge in [-0.15, -0.1) is 0 Å².